The highest BCUT2D eigenvalue weighted by atomic mass is 32.2. The molecule has 1 amide bonds. The molecule has 29 heavy (non-hydrogen) atoms. The van der Waals surface area contributed by atoms with Crippen LogP contribution in [0.4, 0.5) is 9.52 Å². The fourth-order valence-electron chi connectivity index (χ4n) is 2.69. The summed E-state index contributed by atoms with van der Waals surface area (Å²) in [5, 5.41) is 11.2. The van der Waals surface area contributed by atoms with Crippen molar-refractivity contribution in [2.75, 3.05) is 5.32 Å². The Hall–Kier alpha value is -3.03. The molecule has 0 aliphatic carbocycles. The zero-order valence-electron chi connectivity index (χ0n) is 15.2. The number of carbonyl (C=O) groups excluding carboxylic acids is 1. The van der Waals surface area contributed by atoms with Crippen molar-refractivity contribution in [2.45, 2.75) is 10.1 Å². The summed E-state index contributed by atoms with van der Waals surface area (Å²) in [6, 6.07) is 24.0. The van der Waals surface area contributed by atoms with Crippen molar-refractivity contribution in [3.63, 3.8) is 0 Å². The van der Waals surface area contributed by atoms with Gasteiger partial charge in [0.15, 0.2) is 4.34 Å². The molecule has 0 aliphatic rings. The smallest absolute Gasteiger partial charge is 0.257 e. The molecule has 3 aromatic carbocycles. The lowest BCUT2D eigenvalue weighted by atomic mass is 10.0. The monoisotopic (exact) mass is 421 g/mol. The average Bonchev–Trinajstić information content (AvgIpc) is 3.21. The Kier molecular flexibility index (Phi) is 5.97. The summed E-state index contributed by atoms with van der Waals surface area (Å²) in [4.78, 5) is 12.5. The van der Waals surface area contributed by atoms with Crippen LogP contribution in [-0.2, 0) is 5.75 Å². The largest absolute Gasteiger partial charge is 0.296 e. The molecule has 0 unspecified atom stereocenters. The zero-order valence-corrected chi connectivity index (χ0v) is 16.8. The first kappa shape index (κ1) is 19.3. The van der Waals surface area contributed by atoms with Gasteiger partial charge in [-0.1, -0.05) is 83.8 Å². The number of carbonyl (C=O) groups is 1. The van der Waals surface area contributed by atoms with E-state index in [1.165, 1.54) is 29.2 Å². The number of hydrogen-bond donors (Lipinski definition) is 1. The first-order chi connectivity index (χ1) is 14.2. The Morgan fingerprint density at radius 2 is 1.59 bits per heavy atom. The number of amides is 1. The van der Waals surface area contributed by atoms with Crippen LogP contribution in [0.5, 0.6) is 0 Å². The molecule has 1 aromatic heterocycles. The van der Waals surface area contributed by atoms with Gasteiger partial charge in [0.05, 0.1) is 0 Å². The molecule has 144 valence electrons. The molecule has 0 bridgehead atoms. The van der Waals surface area contributed by atoms with E-state index >= 15 is 0 Å². The summed E-state index contributed by atoms with van der Waals surface area (Å²) in [6.07, 6.45) is 0. The van der Waals surface area contributed by atoms with Gasteiger partial charge in [-0.3, -0.25) is 10.1 Å². The molecule has 0 radical (unpaired) electrons. The minimum atomic E-state index is -0.244. The standard InChI is InChI=1S/C22H16FN3OS2/c23-19-9-5-4-8-18(19)14-28-22-26-25-21(29-22)24-20(27)17-12-10-16(11-13-17)15-6-2-1-3-7-15/h1-13H,14H2,(H,24,25,27). The van der Waals surface area contributed by atoms with Crippen LogP contribution in [0.25, 0.3) is 11.1 Å². The maximum atomic E-state index is 13.7. The van der Waals surface area contributed by atoms with Gasteiger partial charge in [-0.05, 0) is 34.9 Å². The van der Waals surface area contributed by atoms with Crippen molar-refractivity contribution >= 4 is 34.1 Å². The van der Waals surface area contributed by atoms with Crippen molar-refractivity contribution < 1.29 is 9.18 Å². The molecule has 1 N–H and O–H groups in total. The summed E-state index contributed by atoms with van der Waals surface area (Å²) in [5.41, 5.74) is 3.29. The number of rotatable bonds is 6. The minimum Gasteiger partial charge on any atom is -0.296 e. The maximum Gasteiger partial charge on any atom is 0.257 e. The second kappa shape index (κ2) is 8.98. The van der Waals surface area contributed by atoms with E-state index in [0.29, 0.717) is 26.4 Å². The van der Waals surface area contributed by atoms with Gasteiger partial charge in [0.25, 0.3) is 5.91 Å². The number of halogens is 1. The average molecular weight is 422 g/mol. The van der Waals surface area contributed by atoms with Crippen molar-refractivity contribution in [3.8, 4) is 11.1 Å². The number of aromatic nitrogens is 2. The highest BCUT2D eigenvalue weighted by Crippen LogP contribution is 2.29. The number of thioether (sulfide) groups is 1. The van der Waals surface area contributed by atoms with Gasteiger partial charge in [-0.25, -0.2) is 4.39 Å². The number of anilines is 1. The van der Waals surface area contributed by atoms with Gasteiger partial charge in [0, 0.05) is 11.3 Å². The Morgan fingerprint density at radius 3 is 2.34 bits per heavy atom. The first-order valence-corrected chi connectivity index (χ1v) is 10.7. The first-order valence-electron chi connectivity index (χ1n) is 8.85. The molecule has 0 atom stereocenters. The molecule has 0 fully saturated rings. The number of benzene rings is 3. The molecule has 4 aromatic rings. The molecular formula is C22H16FN3OS2. The molecule has 0 aliphatic heterocycles. The Labute approximate surface area is 175 Å². The van der Waals surface area contributed by atoms with Gasteiger partial charge >= 0.3 is 0 Å². The molecule has 1 heterocycles. The van der Waals surface area contributed by atoms with Gasteiger partial charge in [-0.2, -0.15) is 0 Å². The van der Waals surface area contributed by atoms with E-state index in [1.54, 1.807) is 30.3 Å². The number of nitrogens with one attached hydrogen (secondary N) is 1. The van der Waals surface area contributed by atoms with Crippen LogP contribution in [0.15, 0.2) is 83.2 Å². The highest BCUT2D eigenvalue weighted by Gasteiger charge is 2.12. The van der Waals surface area contributed by atoms with Gasteiger partial charge in [0.2, 0.25) is 5.13 Å². The van der Waals surface area contributed by atoms with Gasteiger partial charge in [-0.15, -0.1) is 10.2 Å². The molecule has 0 spiro atoms. The second-order valence-corrected chi connectivity index (χ2v) is 8.35. The SMILES string of the molecule is O=C(Nc1nnc(SCc2ccccc2F)s1)c1ccc(-c2ccccc2)cc1. The molecule has 4 rings (SSSR count). The lowest BCUT2D eigenvalue weighted by Gasteiger charge is -2.04. The minimum absolute atomic E-state index is 0.239. The van der Waals surface area contributed by atoms with Crippen molar-refractivity contribution in [2.24, 2.45) is 0 Å². The Bertz CT molecular complexity index is 1110. The van der Waals surface area contributed by atoms with Crippen molar-refractivity contribution in [1.29, 1.82) is 0 Å². The summed E-state index contributed by atoms with van der Waals surface area (Å²) >= 11 is 2.65. The number of hydrogen-bond acceptors (Lipinski definition) is 5. The van der Waals surface area contributed by atoms with E-state index in [4.69, 9.17) is 0 Å². The maximum absolute atomic E-state index is 13.7. The lowest BCUT2D eigenvalue weighted by Crippen LogP contribution is -2.11. The molecular weight excluding hydrogens is 405 g/mol. The fraction of sp³-hybridized carbons (Fsp3) is 0.0455. The molecule has 0 saturated carbocycles. The summed E-state index contributed by atoms with van der Waals surface area (Å²) in [6.45, 7) is 0. The zero-order chi connectivity index (χ0) is 20.1. The Balaban J connectivity index is 1.37. The van der Waals surface area contributed by atoms with Gasteiger partial charge < -0.3 is 0 Å². The third-order valence-corrected chi connectivity index (χ3v) is 6.21. The van der Waals surface area contributed by atoms with E-state index in [-0.39, 0.29) is 11.7 Å². The molecule has 7 heteroatoms. The third kappa shape index (κ3) is 4.88. The van der Waals surface area contributed by atoms with E-state index in [1.807, 2.05) is 42.5 Å². The third-order valence-electron chi connectivity index (χ3n) is 4.19. The lowest BCUT2D eigenvalue weighted by molar-refractivity contribution is 0.102. The highest BCUT2D eigenvalue weighted by molar-refractivity contribution is 8.00. The van der Waals surface area contributed by atoms with E-state index in [2.05, 4.69) is 15.5 Å². The predicted octanol–water partition coefficient (Wildman–Crippen LogP) is 5.89. The van der Waals surface area contributed by atoms with Gasteiger partial charge in [0.1, 0.15) is 5.82 Å². The van der Waals surface area contributed by atoms with E-state index < -0.39 is 0 Å². The fourth-order valence-corrected chi connectivity index (χ4v) is 4.42. The summed E-state index contributed by atoms with van der Waals surface area (Å²) in [5.74, 6) is -0.0284. The van der Waals surface area contributed by atoms with Crippen LogP contribution < -0.4 is 5.32 Å². The Morgan fingerprint density at radius 1 is 0.897 bits per heavy atom. The normalized spacial score (nSPS) is 10.7. The summed E-state index contributed by atoms with van der Waals surface area (Å²) < 4.78 is 14.4. The predicted molar refractivity (Wildman–Crippen MR) is 116 cm³/mol. The van der Waals surface area contributed by atoms with Crippen LogP contribution in [-0.4, -0.2) is 16.1 Å². The quantitative estimate of drug-likeness (QED) is 0.312. The molecule has 0 saturated heterocycles. The van der Waals surface area contributed by atoms with Crippen molar-refractivity contribution in [3.05, 3.63) is 95.8 Å². The number of nitrogens with zero attached hydrogens (tertiary/aromatic N) is 2. The van der Waals surface area contributed by atoms with Crippen LogP contribution in [0, 0.1) is 5.82 Å². The van der Waals surface area contributed by atoms with Crippen molar-refractivity contribution in [1.82, 2.24) is 10.2 Å². The van der Waals surface area contributed by atoms with Crippen LogP contribution in [0.2, 0.25) is 0 Å². The van der Waals surface area contributed by atoms with Crippen LogP contribution in [0.1, 0.15) is 15.9 Å². The van der Waals surface area contributed by atoms with Crippen LogP contribution in [0.3, 0.4) is 0 Å². The second-order valence-electron chi connectivity index (χ2n) is 6.15. The summed E-state index contributed by atoms with van der Waals surface area (Å²) in [7, 11) is 0. The molecule has 4 nitrogen and oxygen atoms in total. The van der Waals surface area contributed by atoms with E-state index in [9.17, 15) is 9.18 Å². The van der Waals surface area contributed by atoms with Crippen LogP contribution >= 0.6 is 23.1 Å². The van der Waals surface area contributed by atoms with E-state index in [0.717, 1.165) is 11.1 Å². The topological polar surface area (TPSA) is 54.9 Å².